The summed E-state index contributed by atoms with van der Waals surface area (Å²) in [7, 11) is 2.04. The monoisotopic (exact) mass is 265 g/mol. The Kier molecular flexibility index (Phi) is 4.33. The van der Waals surface area contributed by atoms with Gasteiger partial charge in [0.1, 0.15) is 11.4 Å². The van der Waals surface area contributed by atoms with E-state index in [4.69, 9.17) is 10.5 Å². The molecule has 0 radical (unpaired) electrons. The lowest BCUT2D eigenvalue weighted by Crippen LogP contribution is -2.41. The number of nitrogens with two attached hydrogens (primary N) is 1. The topological polar surface area (TPSA) is 51.4 Å². The maximum absolute atomic E-state index is 5.93. The Morgan fingerprint density at radius 2 is 1.79 bits per heavy atom. The number of nitrogen functional groups attached to an aromatic ring is 1. The van der Waals surface area contributed by atoms with E-state index < -0.39 is 0 Å². The lowest BCUT2D eigenvalue weighted by molar-refractivity contribution is 0.125. The van der Waals surface area contributed by atoms with Gasteiger partial charge in [-0.3, -0.25) is 0 Å². The molecule has 1 aromatic heterocycles. The molecular formula is C15H27N3O. The van der Waals surface area contributed by atoms with E-state index >= 15 is 0 Å². The van der Waals surface area contributed by atoms with Crippen LogP contribution in [0.1, 0.15) is 48.0 Å². The highest BCUT2D eigenvalue weighted by Gasteiger charge is 2.24. The Hall–Kier alpha value is -1.45. The SMILES string of the molecule is CCC(C)(C)N(C)c1ccc(N)c(OC(C)(C)C)n1. The standard InChI is InChI=1S/C15H27N3O/c1-8-15(5,6)18(7)12-10-9-11(16)13(17-12)19-14(2,3)4/h9-10H,8,16H2,1-7H3. The van der Waals surface area contributed by atoms with Crippen LogP contribution < -0.4 is 15.4 Å². The first-order chi connectivity index (χ1) is 8.57. The van der Waals surface area contributed by atoms with E-state index in [0.29, 0.717) is 11.6 Å². The molecule has 0 atom stereocenters. The molecule has 0 fully saturated rings. The molecule has 1 heterocycles. The van der Waals surface area contributed by atoms with Crippen molar-refractivity contribution in [3.05, 3.63) is 12.1 Å². The van der Waals surface area contributed by atoms with Crippen LogP contribution in [-0.2, 0) is 0 Å². The zero-order valence-electron chi connectivity index (χ0n) is 13.2. The summed E-state index contributed by atoms with van der Waals surface area (Å²) in [6, 6.07) is 3.79. The van der Waals surface area contributed by atoms with Crippen molar-refractivity contribution >= 4 is 11.5 Å². The number of hydrogen-bond acceptors (Lipinski definition) is 4. The molecule has 19 heavy (non-hydrogen) atoms. The molecule has 0 aliphatic rings. The number of pyridine rings is 1. The van der Waals surface area contributed by atoms with Gasteiger partial charge in [0.25, 0.3) is 0 Å². The second-order valence-corrected chi connectivity index (χ2v) is 6.50. The predicted octanol–water partition coefficient (Wildman–Crippen LogP) is 3.47. The lowest BCUT2D eigenvalue weighted by Gasteiger charge is -2.36. The summed E-state index contributed by atoms with van der Waals surface area (Å²) in [5, 5.41) is 0. The first kappa shape index (κ1) is 15.6. The molecule has 4 heteroatoms. The smallest absolute Gasteiger partial charge is 0.239 e. The Bertz CT molecular complexity index is 436. The van der Waals surface area contributed by atoms with Gasteiger partial charge in [-0.25, -0.2) is 0 Å². The third kappa shape index (κ3) is 4.01. The zero-order valence-corrected chi connectivity index (χ0v) is 13.2. The van der Waals surface area contributed by atoms with Gasteiger partial charge in [0.05, 0.1) is 5.69 Å². The van der Waals surface area contributed by atoms with Crippen molar-refractivity contribution in [2.75, 3.05) is 17.7 Å². The van der Waals surface area contributed by atoms with Crippen molar-refractivity contribution in [1.29, 1.82) is 0 Å². The fourth-order valence-electron chi connectivity index (χ4n) is 1.55. The van der Waals surface area contributed by atoms with Gasteiger partial charge < -0.3 is 15.4 Å². The van der Waals surface area contributed by atoms with Crippen LogP contribution >= 0.6 is 0 Å². The summed E-state index contributed by atoms with van der Waals surface area (Å²) in [6.07, 6.45) is 1.03. The van der Waals surface area contributed by atoms with Gasteiger partial charge in [0.15, 0.2) is 0 Å². The van der Waals surface area contributed by atoms with Gasteiger partial charge in [-0.15, -0.1) is 0 Å². The van der Waals surface area contributed by atoms with Crippen molar-refractivity contribution < 1.29 is 4.74 Å². The van der Waals surface area contributed by atoms with Crippen molar-refractivity contribution in [2.24, 2.45) is 0 Å². The fourth-order valence-corrected chi connectivity index (χ4v) is 1.55. The van der Waals surface area contributed by atoms with E-state index in [1.165, 1.54) is 0 Å². The van der Waals surface area contributed by atoms with Crippen LogP contribution in [-0.4, -0.2) is 23.2 Å². The normalized spacial score (nSPS) is 12.4. The zero-order chi connectivity index (χ0) is 14.8. The largest absolute Gasteiger partial charge is 0.470 e. The van der Waals surface area contributed by atoms with Crippen LogP contribution in [0.5, 0.6) is 5.88 Å². The number of aromatic nitrogens is 1. The predicted molar refractivity (Wildman–Crippen MR) is 81.8 cm³/mol. The summed E-state index contributed by atoms with van der Waals surface area (Å²) in [6.45, 7) is 12.5. The summed E-state index contributed by atoms with van der Waals surface area (Å²) >= 11 is 0. The molecule has 0 saturated heterocycles. The first-order valence-corrected chi connectivity index (χ1v) is 6.76. The van der Waals surface area contributed by atoms with E-state index in [-0.39, 0.29) is 11.1 Å². The highest BCUT2D eigenvalue weighted by atomic mass is 16.5. The van der Waals surface area contributed by atoms with Crippen LogP contribution in [0.2, 0.25) is 0 Å². The first-order valence-electron chi connectivity index (χ1n) is 6.76. The Balaban J connectivity index is 3.09. The molecule has 0 amide bonds. The molecule has 0 aliphatic heterocycles. The van der Waals surface area contributed by atoms with Crippen molar-refractivity contribution in [2.45, 2.75) is 59.1 Å². The molecule has 0 bridgehead atoms. The summed E-state index contributed by atoms with van der Waals surface area (Å²) in [5.74, 6) is 1.38. The third-order valence-corrected chi connectivity index (χ3v) is 3.39. The van der Waals surface area contributed by atoms with Crippen molar-refractivity contribution in [3.8, 4) is 5.88 Å². The van der Waals surface area contributed by atoms with Crippen LogP contribution in [0.3, 0.4) is 0 Å². The van der Waals surface area contributed by atoms with Gasteiger partial charge in [0, 0.05) is 12.6 Å². The van der Waals surface area contributed by atoms with Gasteiger partial charge in [-0.05, 0) is 53.2 Å². The van der Waals surface area contributed by atoms with Crippen molar-refractivity contribution in [3.63, 3.8) is 0 Å². The maximum Gasteiger partial charge on any atom is 0.239 e. The minimum Gasteiger partial charge on any atom is -0.470 e. The van der Waals surface area contributed by atoms with Gasteiger partial charge >= 0.3 is 0 Å². The van der Waals surface area contributed by atoms with Gasteiger partial charge in [-0.2, -0.15) is 4.98 Å². The Labute approximate surface area is 117 Å². The minimum atomic E-state index is -0.307. The quantitative estimate of drug-likeness (QED) is 0.905. The number of ether oxygens (including phenoxy) is 1. The average Bonchev–Trinajstić information content (AvgIpc) is 2.29. The van der Waals surface area contributed by atoms with Crippen molar-refractivity contribution in [1.82, 2.24) is 4.98 Å². The molecule has 108 valence electrons. The van der Waals surface area contributed by atoms with Crippen LogP contribution in [0.25, 0.3) is 0 Å². The minimum absolute atomic E-state index is 0.0438. The molecule has 1 rings (SSSR count). The Morgan fingerprint density at radius 1 is 1.21 bits per heavy atom. The average molecular weight is 265 g/mol. The number of anilines is 2. The number of rotatable bonds is 4. The van der Waals surface area contributed by atoms with E-state index in [1.807, 2.05) is 40.0 Å². The molecule has 4 nitrogen and oxygen atoms in total. The van der Waals surface area contributed by atoms with E-state index in [9.17, 15) is 0 Å². The number of hydrogen-bond donors (Lipinski definition) is 1. The number of nitrogens with zero attached hydrogens (tertiary/aromatic N) is 2. The third-order valence-electron chi connectivity index (χ3n) is 3.39. The molecule has 1 aromatic rings. The second kappa shape index (κ2) is 5.27. The highest BCUT2D eigenvalue weighted by molar-refractivity contribution is 5.55. The summed E-state index contributed by atoms with van der Waals surface area (Å²) < 4.78 is 5.81. The van der Waals surface area contributed by atoms with E-state index in [2.05, 4.69) is 30.7 Å². The van der Waals surface area contributed by atoms with Gasteiger partial charge in [-0.1, -0.05) is 6.92 Å². The van der Waals surface area contributed by atoms with Crippen LogP contribution in [0.4, 0.5) is 11.5 Å². The summed E-state index contributed by atoms with van der Waals surface area (Å²) in [5.41, 5.74) is 6.24. The Morgan fingerprint density at radius 3 is 2.26 bits per heavy atom. The molecule has 2 N–H and O–H groups in total. The maximum atomic E-state index is 5.93. The van der Waals surface area contributed by atoms with Gasteiger partial charge in [0.2, 0.25) is 5.88 Å². The molecule has 0 aromatic carbocycles. The second-order valence-electron chi connectivity index (χ2n) is 6.50. The van der Waals surface area contributed by atoms with E-state index in [0.717, 1.165) is 12.2 Å². The van der Waals surface area contributed by atoms with Crippen LogP contribution in [0.15, 0.2) is 12.1 Å². The van der Waals surface area contributed by atoms with E-state index in [1.54, 1.807) is 0 Å². The highest BCUT2D eigenvalue weighted by Crippen LogP contribution is 2.29. The molecule has 0 aliphatic carbocycles. The molecule has 0 saturated carbocycles. The molecular weight excluding hydrogens is 238 g/mol. The molecule has 0 spiro atoms. The molecule has 0 unspecified atom stereocenters. The summed E-state index contributed by atoms with van der Waals surface area (Å²) in [4.78, 5) is 6.71. The van der Waals surface area contributed by atoms with Crippen LogP contribution in [0, 0.1) is 0 Å². The fraction of sp³-hybridized carbons (Fsp3) is 0.667. The lowest BCUT2D eigenvalue weighted by atomic mass is 10.00.